The molecule has 1 aromatic carbocycles. The third kappa shape index (κ3) is 2.23. The number of nitrogens with zero attached hydrogens (tertiary/aromatic N) is 1. The van der Waals surface area contributed by atoms with E-state index in [2.05, 4.69) is 0 Å². The number of hydrogen-bond donors (Lipinski definition) is 1. The lowest BCUT2D eigenvalue weighted by Gasteiger charge is -2.10. The molecule has 88 valence electrons. The van der Waals surface area contributed by atoms with Gasteiger partial charge in [0.2, 0.25) is 0 Å². The zero-order valence-electron chi connectivity index (χ0n) is 8.34. The summed E-state index contributed by atoms with van der Waals surface area (Å²) in [5.74, 6) is 0. The third-order valence-corrected chi connectivity index (χ3v) is 2.14. The molecule has 0 aliphatic heterocycles. The lowest BCUT2D eigenvalue weighted by molar-refractivity contribution is -0.388. The predicted molar refractivity (Wildman–Crippen MR) is 51.9 cm³/mol. The molecule has 0 spiro atoms. The van der Waals surface area contributed by atoms with Crippen LogP contribution in [-0.2, 0) is 12.6 Å². The Balaban J connectivity index is 3.49. The standard InChI is InChI=1S/C9H9F3N2O2/c1-2-5-3-8(14(15)16)6(4-7(5)13)9(10,11)12/h3-4H,2,13H2,1H3. The van der Waals surface area contributed by atoms with Crippen LogP contribution in [0.2, 0.25) is 0 Å². The Morgan fingerprint density at radius 3 is 2.38 bits per heavy atom. The topological polar surface area (TPSA) is 69.2 Å². The van der Waals surface area contributed by atoms with Gasteiger partial charge in [-0.25, -0.2) is 0 Å². The molecule has 1 aromatic rings. The number of nitro groups is 1. The molecule has 0 aromatic heterocycles. The van der Waals surface area contributed by atoms with Crippen molar-refractivity contribution in [3.63, 3.8) is 0 Å². The van der Waals surface area contributed by atoms with Gasteiger partial charge in [0.25, 0.3) is 5.69 Å². The van der Waals surface area contributed by atoms with Crippen LogP contribution >= 0.6 is 0 Å². The van der Waals surface area contributed by atoms with Crippen molar-refractivity contribution in [2.45, 2.75) is 19.5 Å². The van der Waals surface area contributed by atoms with Crippen molar-refractivity contribution in [1.29, 1.82) is 0 Å². The highest BCUT2D eigenvalue weighted by Crippen LogP contribution is 2.38. The van der Waals surface area contributed by atoms with Crippen molar-refractivity contribution < 1.29 is 18.1 Å². The minimum absolute atomic E-state index is 0.0829. The SMILES string of the molecule is CCc1cc([N+](=O)[O-])c(C(F)(F)F)cc1N. The molecule has 0 heterocycles. The smallest absolute Gasteiger partial charge is 0.398 e. The Morgan fingerprint density at radius 2 is 2.00 bits per heavy atom. The Hall–Kier alpha value is -1.79. The average Bonchev–Trinajstić information content (AvgIpc) is 2.15. The van der Waals surface area contributed by atoms with Crippen LogP contribution in [0.15, 0.2) is 12.1 Å². The van der Waals surface area contributed by atoms with Crippen LogP contribution in [0.3, 0.4) is 0 Å². The van der Waals surface area contributed by atoms with Gasteiger partial charge in [0.15, 0.2) is 0 Å². The summed E-state index contributed by atoms with van der Waals surface area (Å²) in [4.78, 5) is 9.46. The summed E-state index contributed by atoms with van der Waals surface area (Å²) in [6, 6.07) is 1.48. The summed E-state index contributed by atoms with van der Waals surface area (Å²) < 4.78 is 37.4. The first-order chi connectivity index (χ1) is 7.27. The fourth-order valence-electron chi connectivity index (χ4n) is 1.33. The van der Waals surface area contributed by atoms with Gasteiger partial charge < -0.3 is 5.73 Å². The van der Waals surface area contributed by atoms with E-state index in [1.807, 2.05) is 0 Å². The molecule has 1 rings (SSSR count). The van der Waals surface area contributed by atoms with Crippen molar-refractivity contribution in [2.24, 2.45) is 0 Å². The van der Waals surface area contributed by atoms with Gasteiger partial charge in [-0.1, -0.05) is 6.92 Å². The molecule has 0 unspecified atom stereocenters. The Morgan fingerprint density at radius 1 is 1.44 bits per heavy atom. The number of aryl methyl sites for hydroxylation is 1. The summed E-state index contributed by atoms with van der Waals surface area (Å²) >= 11 is 0. The second kappa shape index (κ2) is 3.99. The number of hydrogen-bond acceptors (Lipinski definition) is 3. The Labute approximate surface area is 89.0 Å². The molecule has 0 saturated carbocycles. The number of anilines is 1. The lowest BCUT2D eigenvalue weighted by atomic mass is 10.0. The van der Waals surface area contributed by atoms with Crippen molar-refractivity contribution >= 4 is 11.4 Å². The third-order valence-electron chi connectivity index (χ3n) is 2.14. The first kappa shape index (κ1) is 12.3. The highest BCUT2D eigenvalue weighted by atomic mass is 19.4. The molecule has 2 N–H and O–H groups in total. The van der Waals surface area contributed by atoms with E-state index >= 15 is 0 Å². The summed E-state index contributed by atoms with van der Waals surface area (Å²) in [5.41, 5.74) is 3.35. The monoisotopic (exact) mass is 234 g/mol. The van der Waals surface area contributed by atoms with Crippen molar-refractivity contribution in [3.05, 3.63) is 33.4 Å². The number of nitrogens with two attached hydrogens (primary N) is 1. The highest BCUT2D eigenvalue weighted by Gasteiger charge is 2.38. The highest BCUT2D eigenvalue weighted by molar-refractivity contribution is 5.58. The van der Waals surface area contributed by atoms with Crippen molar-refractivity contribution in [3.8, 4) is 0 Å². The molecule has 0 atom stereocenters. The van der Waals surface area contributed by atoms with Gasteiger partial charge in [0.05, 0.1) is 4.92 Å². The molecule has 0 aliphatic rings. The molecule has 16 heavy (non-hydrogen) atoms. The van der Waals surface area contributed by atoms with Gasteiger partial charge in [-0.15, -0.1) is 0 Å². The summed E-state index contributed by atoms with van der Waals surface area (Å²) in [7, 11) is 0. The first-order valence-corrected chi connectivity index (χ1v) is 4.41. The zero-order chi connectivity index (χ0) is 12.5. The second-order valence-corrected chi connectivity index (χ2v) is 3.18. The average molecular weight is 234 g/mol. The van der Waals surface area contributed by atoms with E-state index in [1.54, 1.807) is 6.92 Å². The molecule has 7 heteroatoms. The van der Waals surface area contributed by atoms with Crippen LogP contribution in [0.5, 0.6) is 0 Å². The molecular weight excluding hydrogens is 225 g/mol. The van der Waals surface area contributed by atoms with E-state index in [0.29, 0.717) is 18.1 Å². The maximum atomic E-state index is 12.5. The minimum Gasteiger partial charge on any atom is -0.398 e. The normalized spacial score (nSPS) is 11.5. The second-order valence-electron chi connectivity index (χ2n) is 3.18. The number of nitrogen functional groups attached to an aromatic ring is 1. The molecule has 0 amide bonds. The number of halogens is 3. The van der Waals surface area contributed by atoms with Crippen molar-refractivity contribution in [2.75, 3.05) is 5.73 Å². The van der Waals surface area contributed by atoms with Crippen LogP contribution in [0.4, 0.5) is 24.5 Å². The molecule has 0 fully saturated rings. The van der Waals surface area contributed by atoms with E-state index in [9.17, 15) is 23.3 Å². The predicted octanol–water partition coefficient (Wildman–Crippen LogP) is 2.76. The maximum Gasteiger partial charge on any atom is 0.423 e. The summed E-state index contributed by atoms with van der Waals surface area (Å²) in [6.45, 7) is 1.66. The van der Waals surface area contributed by atoms with E-state index in [4.69, 9.17) is 5.73 Å². The van der Waals surface area contributed by atoms with Gasteiger partial charge in [0.1, 0.15) is 5.56 Å². The number of nitro benzene ring substituents is 1. The van der Waals surface area contributed by atoms with Gasteiger partial charge in [-0.2, -0.15) is 13.2 Å². The maximum absolute atomic E-state index is 12.5. The van der Waals surface area contributed by atoms with Crippen LogP contribution in [-0.4, -0.2) is 4.92 Å². The van der Waals surface area contributed by atoms with Crippen LogP contribution in [0.1, 0.15) is 18.1 Å². The van der Waals surface area contributed by atoms with E-state index in [1.165, 1.54) is 0 Å². The number of benzene rings is 1. The van der Waals surface area contributed by atoms with Crippen LogP contribution < -0.4 is 5.73 Å². The molecule has 0 aliphatic carbocycles. The molecule has 0 bridgehead atoms. The molecule has 0 radical (unpaired) electrons. The molecule has 4 nitrogen and oxygen atoms in total. The largest absolute Gasteiger partial charge is 0.423 e. The fourth-order valence-corrected chi connectivity index (χ4v) is 1.33. The quantitative estimate of drug-likeness (QED) is 0.486. The van der Waals surface area contributed by atoms with Gasteiger partial charge in [0, 0.05) is 11.8 Å². The van der Waals surface area contributed by atoms with E-state index in [0.717, 1.165) is 6.07 Å². The fraction of sp³-hybridized carbons (Fsp3) is 0.333. The van der Waals surface area contributed by atoms with E-state index in [-0.39, 0.29) is 5.69 Å². The Bertz CT molecular complexity index is 429. The van der Waals surface area contributed by atoms with Crippen LogP contribution in [0, 0.1) is 10.1 Å². The first-order valence-electron chi connectivity index (χ1n) is 4.41. The van der Waals surface area contributed by atoms with Gasteiger partial charge in [-0.05, 0) is 18.1 Å². The van der Waals surface area contributed by atoms with Gasteiger partial charge in [-0.3, -0.25) is 10.1 Å². The lowest BCUT2D eigenvalue weighted by Crippen LogP contribution is -2.10. The number of rotatable bonds is 2. The molecule has 0 saturated heterocycles. The van der Waals surface area contributed by atoms with Crippen molar-refractivity contribution in [1.82, 2.24) is 0 Å². The van der Waals surface area contributed by atoms with Gasteiger partial charge >= 0.3 is 6.18 Å². The van der Waals surface area contributed by atoms with Crippen LogP contribution in [0.25, 0.3) is 0 Å². The molecular formula is C9H9F3N2O2. The zero-order valence-corrected chi connectivity index (χ0v) is 8.34. The summed E-state index contributed by atoms with van der Waals surface area (Å²) in [5, 5.41) is 10.5. The number of alkyl halides is 3. The Kier molecular flexibility index (Phi) is 3.06. The van der Waals surface area contributed by atoms with E-state index < -0.39 is 22.4 Å². The summed E-state index contributed by atoms with van der Waals surface area (Å²) in [6.07, 6.45) is -4.44. The minimum atomic E-state index is -4.78.